The Balaban J connectivity index is 1.76. The number of aromatic hydroxyl groups is 1. The van der Waals surface area contributed by atoms with Gasteiger partial charge in [-0.15, -0.1) is 0 Å². The Morgan fingerprint density at radius 2 is 1.82 bits per heavy atom. The van der Waals surface area contributed by atoms with Crippen LogP contribution in [0.4, 0.5) is 5.82 Å². The zero-order valence-corrected chi connectivity index (χ0v) is 19.4. The number of aryl methyl sites for hydroxylation is 3. The molecular formula is C24H27N7O2. The molecule has 1 aliphatic heterocycles. The summed E-state index contributed by atoms with van der Waals surface area (Å²) >= 11 is 0. The van der Waals surface area contributed by atoms with Crippen LogP contribution < -0.4 is 5.73 Å². The molecule has 0 fully saturated rings. The van der Waals surface area contributed by atoms with Crippen molar-refractivity contribution in [3.05, 3.63) is 58.2 Å². The largest absolute Gasteiger partial charge is 0.508 e. The highest BCUT2D eigenvalue weighted by Gasteiger charge is 2.34. The molecule has 170 valence electrons. The first-order chi connectivity index (χ1) is 15.7. The van der Waals surface area contributed by atoms with Crippen molar-refractivity contribution in [1.82, 2.24) is 29.2 Å². The zero-order chi connectivity index (χ0) is 23.6. The Kier molecular flexibility index (Phi) is 4.66. The molecule has 0 saturated heterocycles. The summed E-state index contributed by atoms with van der Waals surface area (Å²) in [5.74, 6) is 0.228. The first kappa shape index (κ1) is 21.0. The van der Waals surface area contributed by atoms with E-state index in [1.165, 1.54) is 0 Å². The normalized spacial score (nSPS) is 15.8. The van der Waals surface area contributed by atoms with E-state index in [0.717, 1.165) is 22.6 Å². The van der Waals surface area contributed by atoms with Crippen molar-refractivity contribution in [2.75, 3.05) is 12.3 Å². The lowest BCUT2D eigenvalue weighted by atomic mass is 10.1. The molecule has 4 aromatic rings. The number of hydrogen-bond acceptors (Lipinski definition) is 6. The molecule has 3 aromatic heterocycles. The number of hydrogen-bond donors (Lipinski definition) is 2. The standard InChI is InChI=1S/C24H27N7O2/c1-12-6-7-18(32)13(2)21(12)31-22(25)19(20-23(31)28-15(4)14(3)27-20)24(33)29-10-11-30-17(16(29)5)8-9-26-30/h6-9,16,32H,10-11,25H2,1-5H3. The minimum atomic E-state index is -0.191. The van der Waals surface area contributed by atoms with Gasteiger partial charge in [-0.1, -0.05) is 6.07 Å². The number of nitrogens with two attached hydrogens (primary N) is 1. The monoisotopic (exact) mass is 445 g/mol. The van der Waals surface area contributed by atoms with Gasteiger partial charge in [0.05, 0.1) is 35.4 Å². The SMILES string of the molecule is Cc1ccc(O)c(C)c1-n1c(N)c(C(=O)N2CCn3nccc3C2C)c2nc(C)c(C)nc21. The smallest absolute Gasteiger partial charge is 0.260 e. The number of rotatable bonds is 2. The van der Waals surface area contributed by atoms with Crippen molar-refractivity contribution in [1.29, 1.82) is 0 Å². The van der Waals surface area contributed by atoms with Gasteiger partial charge in [-0.25, -0.2) is 9.97 Å². The Hall–Kier alpha value is -3.88. The third kappa shape index (κ3) is 2.99. The van der Waals surface area contributed by atoms with Gasteiger partial charge in [-0.2, -0.15) is 5.10 Å². The van der Waals surface area contributed by atoms with Crippen LogP contribution in [0.25, 0.3) is 16.9 Å². The number of carbonyl (C=O) groups excluding carboxylic acids is 1. The van der Waals surface area contributed by atoms with Gasteiger partial charge in [0.2, 0.25) is 0 Å². The van der Waals surface area contributed by atoms with Crippen molar-refractivity contribution in [2.45, 2.75) is 47.2 Å². The second-order valence-corrected chi connectivity index (χ2v) is 8.69. The van der Waals surface area contributed by atoms with Gasteiger partial charge in [0, 0.05) is 18.3 Å². The molecule has 0 spiro atoms. The van der Waals surface area contributed by atoms with Crippen molar-refractivity contribution in [3.8, 4) is 11.4 Å². The number of aromatic nitrogens is 5. The number of benzene rings is 1. The molecule has 0 aliphatic carbocycles. The fourth-order valence-electron chi connectivity index (χ4n) is 4.73. The molecule has 0 bridgehead atoms. The highest BCUT2D eigenvalue weighted by atomic mass is 16.3. The first-order valence-corrected chi connectivity index (χ1v) is 11.0. The van der Waals surface area contributed by atoms with Gasteiger partial charge < -0.3 is 15.7 Å². The lowest BCUT2D eigenvalue weighted by Crippen LogP contribution is -2.41. The molecule has 3 N–H and O–H groups in total. The van der Waals surface area contributed by atoms with Crippen LogP contribution in [0, 0.1) is 27.7 Å². The zero-order valence-electron chi connectivity index (χ0n) is 19.4. The maximum Gasteiger partial charge on any atom is 0.260 e. The highest BCUT2D eigenvalue weighted by Crippen LogP contribution is 2.37. The maximum absolute atomic E-state index is 13.9. The van der Waals surface area contributed by atoms with Gasteiger partial charge >= 0.3 is 0 Å². The van der Waals surface area contributed by atoms with E-state index in [4.69, 9.17) is 15.7 Å². The van der Waals surface area contributed by atoms with E-state index < -0.39 is 0 Å². The minimum absolute atomic E-state index is 0.152. The maximum atomic E-state index is 13.9. The lowest BCUT2D eigenvalue weighted by molar-refractivity contribution is 0.0639. The lowest BCUT2D eigenvalue weighted by Gasteiger charge is -2.34. The Labute approximate surface area is 191 Å². The van der Waals surface area contributed by atoms with E-state index in [0.29, 0.717) is 41.1 Å². The fraction of sp³-hybridized carbons (Fsp3) is 0.333. The summed E-state index contributed by atoms with van der Waals surface area (Å²) in [4.78, 5) is 25.3. The van der Waals surface area contributed by atoms with Crippen molar-refractivity contribution in [2.24, 2.45) is 0 Å². The van der Waals surface area contributed by atoms with E-state index in [1.807, 2.05) is 56.3 Å². The van der Waals surface area contributed by atoms with E-state index >= 15 is 0 Å². The summed E-state index contributed by atoms with van der Waals surface area (Å²) < 4.78 is 3.68. The molecule has 33 heavy (non-hydrogen) atoms. The third-order valence-electron chi connectivity index (χ3n) is 6.73. The third-order valence-corrected chi connectivity index (χ3v) is 6.73. The van der Waals surface area contributed by atoms with Crippen molar-refractivity contribution >= 4 is 22.9 Å². The number of fused-ring (bicyclic) bond motifs is 2. The molecule has 9 nitrogen and oxygen atoms in total. The molecule has 1 aliphatic rings. The predicted octanol–water partition coefficient (Wildman–Crippen LogP) is 3.36. The van der Waals surface area contributed by atoms with Gasteiger partial charge in [-0.3, -0.25) is 14.0 Å². The Morgan fingerprint density at radius 1 is 1.09 bits per heavy atom. The molecule has 4 heterocycles. The summed E-state index contributed by atoms with van der Waals surface area (Å²) in [7, 11) is 0. The summed E-state index contributed by atoms with van der Waals surface area (Å²) in [5, 5.41) is 14.7. The van der Waals surface area contributed by atoms with Crippen LogP contribution in [0.5, 0.6) is 5.75 Å². The summed E-state index contributed by atoms with van der Waals surface area (Å²) in [6.45, 7) is 10.6. The van der Waals surface area contributed by atoms with Crippen LogP contribution in [0.3, 0.4) is 0 Å². The number of carbonyl (C=O) groups is 1. The van der Waals surface area contributed by atoms with Crippen LogP contribution in [-0.4, -0.2) is 46.8 Å². The average molecular weight is 446 g/mol. The molecule has 0 radical (unpaired) electrons. The number of anilines is 1. The van der Waals surface area contributed by atoms with Crippen LogP contribution in [0.1, 0.15) is 51.5 Å². The molecular weight excluding hydrogens is 418 g/mol. The van der Waals surface area contributed by atoms with Crippen LogP contribution in [0.2, 0.25) is 0 Å². The van der Waals surface area contributed by atoms with E-state index in [2.05, 4.69) is 5.10 Å². The Bertz CT molecular complexity index is 1430. The number of phenols is 1. The number of amides is 1. The van der Waals surface area contributed by atoms with Crippen molar-refractivity contribution < 1.29 is 9.90 Å². The number of nitrogens with zero attached hydrogens (tertiary/aromatic N) is 6. The van der Waals surface area contributed by atoms with E-state index in [-0.39, 0.29) is 23.5 Å². The summed E-state index contributed by atoms with van der Waals surface area (Å²) in [6.07, 6.45) is 1.76. The summed E-state index contributed by atoms with van der Waals surface area (Å²) in [6, 6.07) is 5.26. The second-order valence-electron chi connectivity index (χ2n) is 8.69. The second kappa shape index (κ2) is 7.33. The molecule has 1 unspecified atom stereocenters. The number of nitrogen functional groups attached to an aromatic ring is 1. The topological polar surface area (TPSA) is 115 Å². The van der Waals surface area contributed by atoms with Crippen molar-refractivity contribution in [3.63, 3.8) is 0 Å². The molecule has 0 saturated carbocycles. The van der Waals surface area contributed by atoms with Crippen LogP contribution >= 0.6 is 0 Å². The van der Waals surface area contributed by atoms with Gasteiger partial charge in [-0.05, 0) is 52.3 Å². The van der Waals surface area contributed by atoms with Crippen LogP contribution in [-0.2, 0) is 6.54 Å². The van der Waals surface area contributed by atoms with Gasteiger partial charge in [0.15, 0.2) is 5.65 Å². The van der Waals surface area contributed by atoms with Gasteiger partial charge in [0.1, 0.15) is 22.6 Å². The highest BCUT2D eigenvalue weighted by molar-refractivity contribution is 6.10. The number of phenolic OH excluding ortho intramolecular Hbond substituents is 1. The van der Waals surface area contributed by atoms with E-state index in [9.17, 15) is 9.90 Å². The average Bonchev–Trinajstić information content (AvgIpc) is 3.35. The first-order valence-electron chi connectivity index (χ1n) is 11.0. The van der Waals surface area contributed by atoms with Gasteiger partial charge in [0.25, 0.3) is 5.91 Å². The molecule has 1 atom stereocenters. The molecule has 1 aromatic carbocycles. The molecule has 1 amide bonds. The fourth-order valence-corrected chi connectivity index (χ4v) is 4.73. The van der Waals surface area contributed by atoms with E-state index in [1.54, 1.807) is 16.8 Å². The summed E-state index contributed by atoms with van der Waals surface area (Å²) in [5.41, 5.74) is 12.8. The molecule has 5 rings (SSSR count). The quantitative estimate of drug-likeness (QED) is 0.489. The Morgan fingerprint density at radius 3 is 2.58 bits per heavy atom. The molecule has 9 heteroatoms. The predicted molar refractivity (Wildman–Crippen MR) is 126 cm³/mol. The minimum Gasteiger partial charge on any atom is -0.508 e. The van der Waals surface area contributed by atoms with Crippen LogP contribution in [0.15, 0.2) is 24.4 Å².